The van der Waals surface area contributed by atoms with Crippen molar-refractivity contribution in [2.75, 3.05) is 21.3 Å². The Morgan fingerprint density at radius 2 is 1.89 bits per heavy atom. The lowest BCUT2D eigenvalue weighted by atomic mass is 10.0. The average molecular weight is 254 g/mol. The molecular weight excluding hydrogens is 232 g/mol. The van der Waals surface area contributed by atoms with Crippen LogP contribution in [0.4, 0.5) is 0 Å². The van der Waals surface area contributed by atoms with Gasteiger partial charge in [-0.05, 0) is 23.6 Å². The van der Waals surface area contributed by atoms with E-state index in [0.717, 1.165) is 43.1 Å². The summed E-state index contributed by atoms with van der Waals surface area (Å²) in [7, 11) is 4.24. The largest absolute Gasteiger partial charge is 0.493 e. The van der Waals surface area contributed by atoms with Gasteiger partial charge in [0.2, 0.25) is 0 Å². The van der Waals surface area contributed by atoms with E-state index in [1.807, 2.05) is 12.1 Å². The maximum atomic E-state index is 10.5. The third kappa shape index (κ3) is 4.37. The van der Waals surface area contributed by atoms with Crippen molar-refractivity contribution in [1.82, 2.24) is 0 Å². The maximum absolute atomic E-state index is 10.5. The van der Waals surface area contributed by atoms with Gasteiger partial charge in [0.05, 0.1) is 14.2 Å². The van der Waals surface area contributed by atoms with Gasteiger partial charge in [-0.25, -0.2) is 0 Å². The molecule has 0 aliphatic rings. The number of hydrogen-bond donors (Lipinski definition) is 1. The van der Waals surface area contributed by atoms with Gasteiger partial charge in [0.15, 0.2) is 11.5 Å². The van der Waals surface area contributed by atoms with Gasteiger partial charge in [-0.2, -0.15) is 0 Å². The highest BCUT2D eigenvalue weighted by Gasteiger charge is 2.11. The van der Waals surface area contributed by atoms with Crippen molar-refractivity contribution in [2.24, 2.45) is 0 Å². The second-order valence-corrected chi connectivity index (χ2v) is 3.61. The summed E-state index contributed by atoms with van der Waals surface area (Å²) in [5, 5.41) is 7.00. The zero-order chi connectivity index (χ0) is 14.0. The summed E-state index contributed by atoms with van der Waals surface area (Å²) in [6.45, 7) is 2.11. The van der Waals surface area contributed by atoms with Crippen LogP contribution in [0.1, 0.15) is 24.5 Å². The molecule has 1 aromatic rings. The summed E-state index contributed by atoms with van der Waals surface area (Å²) in [5.74, 6) is 1.48. The molecule has 0 heterocycles. The number of benzene rings is 1. The number of rotatable bonds is 6. The lowest BCUT2D eigenvalue weighted by Crippen LogP contribution is -1.99. The van der Waals surface area contributed by atoms with Crippen LogP contribution >= 0.6 is 0 Å². The number of aldehydes is 1. The van der Waals surface area contributed by atoms with E-state index < -0.39 is 0 Å². The summed E-state index contributed by atoms with van der Waals surface area (Å²) >= 11 is 0. The maximum Gasteiger partial charge on any atom is 0.163 e. The summed E-state index contributed by atoms with van der Waals surface area (Å²) in [6.07, 6.45) is 3.27. The van der Waals surface area contributed by atoms with Crippen LogP contribution in [0.25, 0.3) is 0 Å². The predicted molar refractivity (Wildman–Crippen MR) is 71.5 cm³/mol. The average Bonchev–Trinajstić information content (AvgIpc) is 2.41. The van der Waals surface area contributed by atoms with Crippen molar-refractivity contribution in [3.8, 4) is 11.5 Å². The highest BCUT2D eigenvalue weighted by molar-refractivity contribution is 5.58. The SMILES string of the molecule is CCCc1cc(CC=O)cc(OC)c1OC.CO. The Hall–Kier alpha value is -1.55. The molecule has 0 aromatic heterocycles. The lowest BCUT2D eigenvalue weighted by Gasteiger charge is -2.14. The Balaban J connectivity index is 0.00000137. The zero-order valence-electron chi connectivity index (χ0n) is 11.5. The van der Waals surface area contributed by atoms with Crippen molar-refractivity contribution in [3.05, 3.63) is 23.3 Å². The molecule has 0 aliphatic heterocycles. The molecule has 4 heteroatoms. The second-order valence-electron chi connectivity index (χ2n) is 3.61. The first-order valence-electron chi connectivity index (χ1n) is 5.88. The predicted octanol–water partition coefficient (Wildman–Crippen LogP) is 2.01. The van der Waals surface area contributed by atoms with Gasteiger partial charge in [-0.1, -0.05) is 19.4 Å². The first kappa shape index (κ1) is 16.4. The van der Waals surface area contributed by atoms with E-state index in [1.54, 1.807) is 14.2 Å². The second kappa shape index (κ2) is 9.48. The third-order valence-electron chi connectivity index (χ3n) is 2.45. The molecule has 0 unspecified atom stereocenters. The summed E-state index contributed by atoms with van der Waals surface area (Å²) in [6, 6.07) is 3.87. The molecule has 0 saturated carbocycles. The Labute approximate surface area is 109 Å². The molecule has 0 aliphatic carbocycles. The van der Waals surface area contributed by atoms with Crippen molar-refractivity contribution in [1.29, 1.82) is 0 Å². The molecular formula is C14H22O4. The quantitative estimate of drug-likeness (QED) is 0.789. The monoisotopic (exact) mass is 254 g/mol. The minimum Gasteiger partial charge on any atom is -0.493 e. The number of aliphatic hydroxyl groups is 1. The first-order chi connectivity index (χ1) is 8.76. The van der Waals surface area contributed by atoms with Crippen LogP contribution in [0.15, 0.2) is 12.1 Å². The number of aliphatic hydroxyl groups excluding tert-OH is 1. The Morgan fingerprint density at radius 1 is 1.22 bits per heavy atom. The van der Waals surface area contributed by atoms with Gasteiger partial charge >= 0.3 is 0 Å². The van der Waals surface area contributed by atoms with Crippen LogP contribution in [0.5, 0.6) is 11.5 Å². The highest BCUT2D eigenvalue weighted by atomic mass is 16.5. The van der Waals surface area contributed by atoms with Crippen LogP contribution in [-0.4, -0.2) is 32.7 Å². The number of methoxy groups -OCH3 is 2. The van der Waals surface area contributed by atoms with Crippen LogP contribution in [-0.2, 0) is 17.6 Å². The fourth-order valence-corrected chi connectivity index (χ4v) is 1.78. The highest BCUT2D eigenvalue weighted by Crippen LogP contribution is 2.33. The number of aryl methyl sites for hydroxylation is 1. The van der Waals surface area contributed by atoms with Crippen molar-refractivity contribution < 1.29 is 19.4 Å². The normalized spacial score (nSPS) is 9.17. The molecule has 4 nitrogen and oxygen atoms in total. The van der Waals surface area contributed by atoms with Gasteiger partial charge in [0.1, 0.15) is 6.29 Å². The molecule has 0 atom stereocenters. The lowest BCUT2D eigenvalue weighted by molar-refractivity contribution is -0.107. The number of ether oxygens (including phenoxy) is 2. The van der Waals surface area contributed by atoms with Gasteiger partial charge < -0.3 is 19.4 Å². The van der Waals surface area contributed by atoms with Crippen molar-refractivity contribution in [2.45, 2.75) is 26.2 Å². The molecule has 1 N–H and O–H groups in total. The molecule has 0 saturated heterocycles. The van der Waals surface area contributed by atoms with Gasteiger partial charge in [-0.15, -0.1) is 0 Å². The van der Waals surface area contributed by atoms with E-state index >= 15 is 0 Å². The zero-order valence-corrected chi connectivity index (χ0v) is 11.5. The number of hydrogen-bond acceptors (Lipinski definition) is 4. The van der Waals surface area contributed by atoms with E-state index in [0.29, 0.717) is 12.2 Å². The van der Waals surface area contributed by atoms with Crippen LogP contribution < -0.4 is 9.47 Å². The van der Waals surface area contributed by atoms with E-state index in [-0.39, 0.29) is 0 Å². The smallest absolute Gasteiger partial charge is 0.163 e. The van der Waals surface area contributed by atoms with E-state index in [1.165, 1.54) is 0 Å². The fraction of sp³-hybridized carbons (Fsp3) is 0.500. The minimum absolute atomic E-state index is 0.414. The fourth-order valence-electron chi connectivity index (χ4n) is 1.78. The number of carbonyl (C=O) groups is 1. The standard InChI is InChI=1S/C13H18O3.CH4O/c1-4-5-11-8-10(6-7-14)9-12(15-2)13(11)16-3;1-2/h7-9H,4-6H2,1-3H3;2H,1H3. The van der Waals surface area contributed by atoms with Crippen molar-refractivity contribution >= 4 is 6.29 Å². The Kier molecular flexibility index (Phi) is 8.66. The van der Waals surface area contributed by atoms with E-state index in [2.05, 4.69) is 6.92 Å². The topological polar surface area (TPSA) is 55.8 Å². The molecule has 0 bridgehead atoms. The van der Waals surface area contributed by atoms with Gasteiger partial charge in [-0.3, -0.25) is 0 Å². The molecule has 1 aromatic carbocycles. The van der Waals surface area contributed by atoms with Gasteiger partial charge in [0.25, 0.3) is 0 Å². The third-order valence-corrected chi connectivity index (χ3v) is 2.45. The van der Waals surface area contributed by atoms with Crippen LogP contribution in [0.2, 0.25) is 0 Å². The molecule has 0 spiro atoms. The summed E-state index contributed by atoms with van der Waals surface area (Å²) in [5.41, 5.74) is 2.07. The minimum atomic E-state index is 0.414. The van der Waals surface area contributed by atoms with Crippen LogP contribution in [0.3, 0.4) is 0 Å². The summed E-state index contributed by atoms with van der Waals surface area (Å²) in [4.78, 5) is 10.5. The number of carbonyl (C=O) groups excluding carboxylic acids is 1. The Morgan fingerprint density at radius 3 is 2.33 bits per heavy atom. The molecule has 102 valence electrons. The molecule has 0 radical (unpaired) electrons. The molecule has 1 rings (SSSR count). The first-order valence-corrected chi connectivity index (χ1v) is 5.88. The molecule has 0 fully saturated rings. The molecule has 0 amide bonds. The summed E-state index contributed by atoms with van der Waals surface area (Å²) < 4.78 is 10.6. The van der Waals surface area contributed by atoms with E-state index in [4.69, 9.17) is 14.6 Å². The van der Waals surface area contributed by atoms with Crippen LogP contribution in [0, 0.1) is 0 Å². The Bertz CT molecular complexity index is 361. The van der Waals surface area contributed by atoms with Gasteiger partial charge in [0, 0.05) is 13.5 Å². The molecule has 18 heavy (non-hydrogen) atoms. The van der Waals surface area contributed by atoms with E-state index in [9.17, 15) is 4.79 Å². The van der Waals surface area contributed by atoms with Crippen molar-refractivity contribution in [3.63, 3.8) is 0 Å².